The lowest BCUT2D eigenvalue weighted by molar-refractivity contribution is -0.119. The smallest absolute Gasteiger partial charge is 0.277 e. The molecule has 1 atom stereocenters. The van der Waals surface area contributed by atoms with Crippen LogP contribution in [0.2, 0.25) is 0 Å². The monoisotopic (exact) mass is 413 g/mol. The van der Waals surface area contributed by atoms with Crippen molar-refractivity contribution >= 4 is 17.7 Å². The van der Waals surface area contributed by atoms with Crippen LogP contribution in [0.5, 0.6) is 0 Å². The Morgan fingerprint density at radius 2 is 1.83 bits per heavy atom. The van der Waals surface area contributed by atoms with Crippen molar-refractivity contribution in [3.63, 3.8) is 0 Å². The van der Waals surface area contributed by atoms with E-state index >= 15 is 0 Å². The van der Waals surface area contributed by atoms with Gasteiger partial charge in [0.15, 0.2) is 0 Å². The van der Waals surface area contributed by atoms with Gasteiger partial charge in [-0.05, 0) is 42.5 Å². The molecular formula is C22H24FN3O2S. The van der Waals surface area contributed by atoms with Gasteiger partial charge in [0.1, 0.15) is 5.82 Å². The normalized spacial score (nSPS) is 12.2. The molecule has 0 bridgehead atoms. The highest BCUT2D eigenvalue weighted by molar-refractivity contribution is 7.99. The Morgan fingerprint density at radius 3 is 2.52 bits per heavy atom. The molecule has 0 fully saturated rings. The summed E-state index contributed by atoms with van der Waals surface area (Å²) in [4.78, 5) is 12.3. The predicted molar refractivity (Wildman–Crippen MR) is 112 cm³/mol. The third-order valence-electron chi connectivity index (χ3n) is 4.34. The minimum Gasteiger partial charge on any atom is -0.411 e. The number of rotatable bonds is 8. The van der Waals surface area contributed by atoms with E-state index in [9.17, 15) is 9.18 Å². The molecule has 3 rings (SSSR count). The molecular weight excluding hydrogens is 389 g/mol. The van der Waals surface area contributed by atoms with E-state index in [4.69, 9.17) is 4.42 Å². The summed E-state index contributed by atoms with van der Waals surface area (Å²) in [6.45, 7) is 6.33. The number of thioether (sulfide) groups is 1. The van der Waals surface area contributed by atoms with Crippen LogP contribution < -0.4 is 5.32 Å². The largest absolute Gasteiger partial charge is 0.411 e. The molecule has 7 heteroatoms. The Hall–Kier alpha value is -2.67. The molecule has 0 radical (unpaired) electrons. The van der Waals surface area contributed by atoms with Gasteiger partial charge in [-0.3, -0.25) is 4.79 Å². The third kappa shape index (κ3) is 5.90. The fourth-order valence-corrected chi connectivity index (χ4v) is 3.49. The first kappa shape index (κ1) is 21.0. The molecule has 3 aromatic rings. The van der Waals surface area contributed by atoms with Gasteiger partial charge in [-0.2, -0.15) is 0 Å². The van der Waals surface area contributed by atoms with Crippen molar-refractivity contribution in [1.29, 1.82) is 0 Å². The van der Waals surface area contributed by atoms with Gasteiger partial charge in [-0.1, -0.05) is 62.0 Å². The Morgan fingerprint density at radius 1 is 1.10 bits per heavy atom. The molecule has 1 N–H and O–H groups in total. The lowest BCUT2D eigenvalue weighted by Crippen LogP contribution is -2.28. The van der Waals surface area contributed by atoms with Gasteiger partial charge in [-0.25, -0.2) is 4.39 Å². The minimum atomic E-state index is -0.432. The average Bonchev–Trinajstić information content (AvgIpc) is 3.15. The first-order valence-electron chi connectivity index (χ1n) is 9.51. The van der Waals surface area contributed by atoms with Crippen LogP contribution in [0.4, 0.5) is 4.39 Å². The Balaban J connectivity index is 1.51. The number of nitrogens with zero attached hydrogens (tertiary/aromatic N) is 2. The van der Waals surface area contributed by atoms with Crippen LogP contribution in [0.25, 0.3) is 11.5 Å². The number of aromatic nitrogens is 2. The SMILES string of the molecule is CC(C)Cc1ccc([C@H](C)NC(=O)CSc2nnc(-c3ccccc3F)o2)cc1. The highest BCUT2D eigenvalue weighted by atomic mass is 32.2. The molecule has 1 heterocycles. The average molecular weight is 414 g/mol. The van der Waals surface area contributed by atoms with E-state index < -0.39 is 5.82 Å². The molecule has 5 nitrogen and oxygen atoms in total. The van der Waals surface area contributed by atoms with Gasteiger partial charge in [0.2, 0.25) is 5.91 Å². The van der Waals surface area contributed by atoms with Gasteiger partial charge in [0.25, 0.3) is 11.1 Å². The molecule has 2 aromatic carbocycles. The first-order chi connectivity index (χ1) is 13.9. The Labute approximate surface area is 174 Å². The molecule has 0 unspecified atom stereocenters. The van der Waals surface area contributed by atoms with Gasteiger partial charge in [0.05, 0.1) is 17.4 Å². The van der Waals surface area contributed by atoms with Gasteiger partial charge in [-0.15, -0.1) is 10.2 Å². The molecule has 0 spiro atoms. The second-order valence-corrected chi connectivity index (χ2v) is 8.20. The van der Waals surface area contributed by atoms with Crippen molar-refractivity contribution in [3.05, 3.63) is 65.5 Å². The number of carbonyl (C=O) groups excluding carboxylic acids is 1. The lowest BCUT2D eigenvalue weighted by atomic mass is 10.00. The van der Waals surface area contributed by atoms with Crippen LogP contribution in [0.1, 0.15) is 37.9 Å². The summed E-state index contributed by atoms with van der Waals surface area (Å²) >= 11 is 1.12. The molecule has 0 saturated heterocycles. The quantitative estimate of drug-likeness (QED) is 0.524. The number of nitrogens with one attached hydrogen (secondary N) is 1. The summed E-state index contributed by atoms with van der Waals surface area (Å²) in [5.41, 5.74) is 2.58. The third-order valence-corrected chi connectivity index (χ3v) is 5.16. The molecule has 0 aliphatic heterocycles. The van der Waals surface area contributed by atoms with E-state index in [2.05, 4.69) is 53.6 Å². The number of benzene rings is 2. The zero-order valence-electron chi connectivity index (χ0n) is 16.7. The van der Waals surface area contributed by atoms with Crippen molar-refractivity contribution in [2.75, 3.05) is 5.75 Å². The summed E-state index contributed by atoms with van der Waals surface area (Å²) in [6, 6.07) is 14.4. The summed E-state index contributed by atoms with van der Waals surface area (Å²) in [5, 5.41) is 10.9. The van der Waals surface area contributed by atoms with E-state index in [1.807, 2.05) is 6.92 Å². The zero-order chi connectivity index (χ0) is 20.8. The Bertz CT molecular complexity index is 957. The zero-order valence-corrected chi connectivity index (χ0v) is 17.5. The number of hydrogen-bond acceptors (Lipinski definition) is 5. The second-order valence-electron chi connectivity index (χ2n) is 7.27. The second kappa shape index (κ2) is 9.69. The van der Waals surface area contributed by atoms with Gasteiger partial charge in [0, 0.05) is 0 Å². The predicted octanol–water partition coefficient (Wildman–Crippen LogP) is 5.04. The molecule has 1 aromatic heterocycles. The van der Waals surface area contributed by atoms with Crippen molar-refractivity contribution in [2.45, 2.75) is 38.5 Å². The van der Waals surface area contributed by atoms with Crippen molar-refractivity contribution in [2.24, 2.45) is 5.92 Å². The number of carbonyl (C=O) groups is 1. The van der Waals surface area contributed by atoms with Gasteiger partial charge >= 0.3 is 0 Å². The molecule has 0 aliphatic rings. The molecule has 29 heavy (non-hydrogen) atoms. The fraction of sp³-hybridized carbons (Fsp3) is 0.318. The first-order valence-corrected chi connectivity index (χ1v) is 10.5. The molecule has 1 amide bonds. The summed E-state index contributed by atoms with van der Waals surface area (Å²) < 4.78 is 19.2. The van der Waals surface area contributed by atoms with E-state index in [0.29, 0.717) is 5.92 Å². The number of halogens is 1. The van der Waals surface area contributed by atoms with Gasteiger partial charge < -0.3 is 9.73 Å². The lowest BCUT2D eigenvalue weighted by Gasteiger charge is -2.15. The van der Waals surface area contributed by atoms with E-state index in [-0.39, 0.29) is 34.4 Å². The van der Waals surface area contributed by atoms with Crippen LogP contribution in [0.15, 0.2) is 58.2 Å². The van der Waals surface area contributed by atoms with Crippen LogP contribution in [0, 0.1) is 11.7 Å². The van der Waals surface area contributed by atoms with E-state index in [1.54, 1.807) is 18.2 Å². The minimum absolute atomic E-state index is 0.0980. The summed E-state index contributed by atoms with van der Waals surface area (Å²) in [6.07, 6.45) is 1.04. The van der Waals surface area contributed by atoms with Crippen LogP contribution >= 0.6 is 11.8 Å². The van der Waals surface area contributed by atoms with Crippen molar-refractivity contribution in [3.8, 4) is 11.5 Å². The maximum Gasteiger partial charge on any atom is 0.277 e. The topological polar surface area (TPSA) is 68.0 Å². The van der Waals surface area contributed by atoms with Crippen molar-refractivity contribution < 1.29 is 13.6 Å². The highest BCUT2D eigenvalue weighted by Gasteiger charge is 2.15. The van der Waals surface area contributed by atoms with E-state index in [1.165, 1.54) is 11.6 Å². The van der Waals surface area contributed by atoms with Crippen LogP contribution in [-0.4, -0.2) is 21.9 Å². The van der Waals surface area contributed by atoms with Crippen LogP contribution in [-0.2, 0) is 11.2 Å². The van der Waals surface area contributed by atoms with Crippen LogP contribution in [0.3, 0.4) is 0 Å². The van der Waals surface area contributed by atoms with Crippen molar-refractivity contribution in [1.82, 2.24) is 15.5 Å². The highest BCUT2D eigenvalue weighted by Crippen LogP contribution is 2.25. The molecule has 0 aliphatic carbocycles. The number of amides is 1. The fourth-order valence-electron chi connectivity index (χ4n) is 2.92. The molecule has 152 valence electrons. The van der Waals surface area contributed by atoms with E-state index in [0.717, 1.165) is 23.7 Å². The summed E-state index contributed by atoms with van der Waals surface area (Å²) in [5.74, 6) is 0.270. The standard InChI is InChI=1S/C22H24FN3O2S/c1-14(2)12-16-8-10-17(11-9-16)15(3)24-20(27)13-29-22-26-25-21(28-22)18-6-4-5-7-19(18)23/h4-11,14-15H,12-13H2,1-3H3,(H,24,27)/t15-/m0/s1. The summed E-state index contributed by atoms with van der Waals surface area (Å²) in [7, 11) is 0. The Kier molecular flexibility index (Phi) is 7.04. The maximum atomic E-state index is 13.8. The number of hydrogen-bond donors (Lipinski definition) is 1. The maximum absolute atomic E-state index is 13.8. The molecule has 0 saturated carbocycles.